The monoisotopic (exact) mass is 219 g/mol. The average molecular weight is 219 g/mol. The molecule has 88 valence electrons. The highest BCUT2D eigenvalue weighted by Crippen LogP contribution is 2.18. The Bertz CT molecular complexity index is 336. The molecular weight excluding hydrogens is 198 g/mol. The summed E-state index contributed by atoms with van der Waals surface area (Å²) in [5, 5.41) is 4.28. The molecule has 1 fully saturated rings. The lowest BCUT2D eigenvalue weighted by molar-refractivity contribution is 0.249. The van der Waals surface area contributed by atoms with E-state index in [0.717, 1.165) is 13.1 Å². The van der Waals surface area contributed by atoms with Gasteiger partial charge in [-0.05, 0) is 39.3 Å². The van der Waals surface area contributed by atoms with Gasteiger partial charge in [0.1, 0.15) is 0 Å². The van der Waals surface area contributed by atoms with Crippen molar-refractivity contribution in [1.82, 2.24) is 14.7 Å². The van der Waals surface area contributed by atoms with Gasteiger partial charge < -0.3 is 0 Å². The highest BCUT2D eigenvalue weighted by atomic mass is 15.3. The molecule has 16 heavy (non-hydrogen) atoms. The second-order valence-corrected chi connectivity index (χ2v) is 4.80. The van der Waals surface area contributed by atoms with Crippen LogP contribution in [0.4, 0.5) is 0 Å². The van der Waals surface area contributed by atoms with E-state index in [1.54, 1.807) is 0 Å². The van der Waals surface area contributed by atoms with Crippen LogP contribution in [0.2, 0.25) is 0 Å². The number of rotatable bonds is 4. The predicted octanol–water partition coefficient (Wildman–Crippen LogP) is 2.31. The second-order valence-electron chi connectivity index (χ2n) is 4.80. The van der Waals surface area contributed by atoms with Crippen molar-refractivity contribution in [1.29, 1.82) is 0 Å². The lowest BCUT2D eigenvalue weighted by Gasteiger charge is -2.23. The zero-order chi connectivity index (χ0) is 11.4. The maximum Gasteiger partial charge on any atom is 0.0565 e. The smallest absolute Gasteiger partial charge is 0.0565 e. The van der Waals surface area contributed by atoms with Gasteiger partial charge in [-0.15, -0.1) is 0 Å². The van der Waals surface area contributed by atoms with Crippen molar-refractivity contribution in [2.24, 2.45) is 0 Å². The fourth-order valence-electron chi connectivity index (χ4n) is 2.27. The molecule has 0 saturated carbocycles. The van der Waals surface area contributed by atoms with E-state index >= 15 is 0 Å². The summed E-state index contributed by atoms with van der Waals surface area (Å²) in [6.45, 7) is 7.69. The van der Waals surface area contributed by atoms with Crippen LogP contribution in [-0.4, -0.2) is 33.8 Å². The third kappa shape index (κ3) is 2.95. The molecule has 3 heteroatoms. The van der Waals surface area contributed by atoms with Crippen molar-refractivity contribution >= 4 is 0 Å². The summed E-state index contributed by atoms with van der Waals surface area (Å²) in [5.41, 5.74) is 1.41. The molecule has 0 amide bonds. The molecule has 0 N–H and O–H groups in total. The SMILES string of the molecule is CC(C)=CCN1CCCC1Cn1cccn1. The van der Waals surface area contributed by atoms with Crippen LogP contribution in [0.3, 0.4) is 0 Å². The fourth-order valence-corrected chi connectivity index (χ4v) is 2.27. The van der Waals surface area contributed by atoms with Crippen molar-refractivity contribution in [3.8, 4) is 0 Å². The Kier molecular flexibility index (Phi) is 3.78. The van der Waals surface area contributed by atoms with E-state index in [2.05, 4.69) is 36.1 Å². The average Bonchev–Trinajstić information content (AvgIpc) is 2.87. The van der Waals surface area contributed by atoms with Crippen LogP contribution in [0.15, 0.2) is 30.1 Å². The molecule has 0 radical (unpaired) electrons. The number of nitrogens with zero attached hydrogens (tertiary/aromatic N) is 3. The molecule has 3 nitrogen and oxygen atoms in total. The molecule has 1 aliphatic rings. The van der Waals surface area contributed by atoms with Crippen LogP contribution in [0.5, 0.6) is 0 Å². The Balaban J connectivity index is 1.90. The molecule has 1 aromatic rings. The molecule has 0 bridgehead atoms. The minimum absolute atomic E-state index is 0.662. The summed E-state index contributed by atoms with van der Waals surface area (Å²) in [6.07, 6.45) is 8.85. The normalized spacial score (nSPS) is 21.2. The van der Waals surface area contributed by atoms with Crippen LogP contribution in [0.1, 0.15) is 26.7 Å². The first-order valence-corrected chi connectivity index (χ1v) is 6.10. The van der Waals surface area contributed by atoms with E-state index in [1.165, 1.54) is 25.0 Å². The zero-order valence-corrected chi connectivity index (χ0v) is 10.3. The van der Waals surface area contributed by atoms with Gasteiger partial charge in [0.15, 0.2) is 0 Å². The maximum atomic E-state index is 4.28. The quantitative estimate of drug-likeness (QED) is 0.725. The van der Waals surface area contributed by atoms with Gasteiger partial charge in [0.05, 0.1) is 6.54 Å². The number of likely N-dealkylation sites (tertiary alicyclic amines) is 1. The Hall–Kier alpha value is -1.09. The largest absolute Gasteiger partial charge is 0.295 e. The van der Waals surface area contributed by atoms with Gasteiger partial charge in [-0.25, -0.2) is 0 Å². The van der Waals surface area contributed by atoms with E-state index in [4.69, 9.17) is 0 Å². The maximum absolute atomic E-state index is 4.28. The molecule has 0 aliphatic carbocycles. The van der Waals surface area contributed by atoms with E-state index in [-0.39, 0.29) is 0 Å². The molecular formula is C13H21N3. The topological polar surface area (TPSA) is 21.1 Å². The number of hydrogen-bond acceptors (Lipinski definition) is 2. The van der Waals surface area contributed by atoms with Crippen LogP contribution < -0.4 is 0 Å². The summed E-state index contributed by atoms with van der Waals surface area (Å²) in [4.78, 5) is 2.56. The van der Waals surface area contributed by atoms with Gasteiger partial charge in [0, 0.05) is 25.0 Å². The third-order valence-electron chi connectivity index (χ3n) is 3.19. The fraction of sp³-hybridized carbons (Fsp3) is 0.615. The molecule has 1 aromatic heterocycles. The van der Waals surface area contributed by atoms with Crippen LogP contribution >= 0.6 is 0 Å². The number of aromatic nitrogens is 2. The minimum Gasteiger partial charge on any atom is -0.295 e. The van der Waals surface area contributed by atoms with E-state index in [1.807, 2.05) is 16.9 Å². The van der Waals surface area contributed by atoms with Crippen molar-refractivity contribution in [3.63, 3.8) is 0 Å². The Morgan fingerprint density at radius 2 is 2.38 bits per heavy atom. The lowest BCUT2D eigenvalue weighted by Crippen LogP contribution is -2.33. The first kappa shape index (κ1) is 11.4. The van der Waals surface area contributed by atoms with Crippen molar-refractivity contribution in [2.75, 3.05) is 13.1 Å². The van der Waals surface area contributed by atoms with E-state index in [9.17, 15) is 0 Å². The molecule has 2 rings (SSSR count). The first-order valence-electron chi connectivity index (χ1n) is 6.10. The Labute approximate surface area is 97.8 Å². The van der Waals surface area contributed by atoms with Gasteiger partial charge in [0.25, 0.3) is 0 Å². The molecule has 1 aliphatic heterocycles. The first-order chi connectivity index (χ1) is 7.75. The zero-order valence-electron chi connectivity index (χ0n) is 10.3. The van der Waals surface area contributed by atoms with E-state index in [0.29, 0.717) is 6.04 Å². The number of allylic oxidation sites excluding steroid dienone is 1. The lowest BCUT2D eigenvalue weighted by atomic mass is 10.2. The highest BCUT2D eigenvalue weighted by molar-refractivity contribution is 4.97. The van der Waals surface area contributed by atoms with Crippen molar-refractivity contribution in [2.45, 2.75) is 39.3 Å². The minimum atomic E-state index is 0.662. The highest BCUT2D eigenvalue weighted by Gasteiger charge is 2.23. The summed E-state index contributed by atoms with van der Waals surface area (Å²) in [7, 11) is 0. The van der Waals surface area contributed by atoms with Crippen molar-refractivity contribution in [3.05, 3.63) is 30.1 Å². The van der Waals surface area contributed by atoms with Crippen molar-refractivity contribution < 1.29 is 0 Å². The van der Waals surface area contributed by atoms with Crippen LogP contribution in [-0.2, 0) is 6.54 Å². The predicted molar refractivity (Wildman–Crippen MR) is 66.3 cm³/mol. The molecule has 1 saturated heterocycles. The summed E-state index contributed by atoms with van der Waals surface area (Å²) in [6, 6.07) is 2.66. The second kappa shape index (κ2) is 5.30. The Morgan fingerprint density at radius 3 is 3.06 bits per heavy atom. The van der Waals surface area contributed by atoms with E-state index < -0.39 is 0 Å². The van der Waals surface area contributed by atoms with Crippen LogP contribution in [0, 0.1) is 0 Å². The van der Waals surface area contributed by atoms with Gasteiger partial charge in [-0.1, -0.05) is 11.6 Å². The van der Waals surface area contributed by atoms with Gasteiger partial charge in [-0.3, -0.25) is 9.58 Å². The van der Waals surface area contributed by atoms with Gasteiger partial charge in [0.2, 0.25) is 0 Å². The number of hydrogen-bond donors (Lipinski definition) is 0. The molecule has 1 atom stereocenters. The molecule has 0 spiro atoms. The standard InChI is InChI=1S/C13H21N3/c1-12(2)6-10-15-8-3-5-13(15)11-16-9-4-7-14-16/h4,6-7,9,13H,3,5,8,10-11H2,1-2H3. The molecule has 2 heterocycles. The third-order valence-corrected chi connectivity index (χ3v) is 3.19. The molecule has 0 aromatic carbocycles. The summed E-state index contributed by atoms with van der Waals surface area (Å²) >= 11 is 0. The Morgan fingerprint density at radius 1 is 1.50 bits per heavy atom. The summed E-state index contributed by atoms with van der Waals surface area (Å²) < 4.78 is 2.05. The van der Waals surface area contributed by atoms with Gasteiger partial charge in [-0.2, -0.15) is 5.10 Å². The van der Waals surface area contributed by atoms with Gasteiger partial charge >= 0.3 is 0 Å². The molecule has 1 unspecified atom stereocenters. The summed E-state index contributed by atoms with van der Waals surface area (Å²) in [5.74, 6) is 0. The van der Waals surface area contributed by atoms with Crippen LogP contribution in [0.25, 0.3) is 0 Å².